The molecule has 0 saturated heterocycles. The maximum atomic E-state index is 12.2. The van der Waals surface area contributed by atoms with E-state index in [1.54, 1.807) is 36.4 Å². The second kappa shape index (κ2) is 10.1. The van der Waals surface area contributed by atoms with Crippen LogP contribution in [0.15, 0.2) is 65.3 Å². The molecular weight excluding hydrogens is 396 g/mol. The lowest BCUT2D eigenvalue weighted by atomic mass is 10.1. The highest BCUT2D eigenvalue weighted by molar-refractivity contribution is 6.00. The number of nitrogens with one attached hydrogen (secondary N) is 4. The quantitative estimate of drug-likeness (QED) is 0.437. The molecule has 8 heteroatoms. The second-order valence-electron chi connectivity index (χ2n) is 7.02. The summed E-state index contributed by atoms with van der Waals surface area (Å²) in [6, 6.07) is 15.1. The number of carbonyl (C=O) groups excluding carboxylic acids is 3. The van der Waals surface area contributed by atoms with Gasteiger partial charge in [-0.25, -0.2) is 4.79 Å². The summed E-state index contributed by atoms with van der Waals surface area (Å²) < 4.78 is 4.99. The number of anilines is 2. The topological polar surface area (TPSA) is 112 Å². The highest BCUT2D eigenvalue weighted by Gasteiger charge is 2.09. The van der Waals surface area contributed by atoms with Gasteiger partial charge in [-0.05, 0) is 73.5 Å². The van der Waals surface area contributed by atoms with E-state index >= 15 is 0 Å². The highest BCUT2D eigenvalue weighted by atomic mass is 16.3. The standard InChI is InChI=1S/C23H24N4O4/c1-15-12-16(2)14-19(13-15)27-23(30)26-18-7-5-17(6-8-18)21(28)24-9-10-25-22(29)20-4-3-11-31-20/h3-8,11-14H,9-10H2,1-2H3,(H,24,28)(H,25,29)(H2,26,27,30). The summed E-state index contributed by atoms with van der Waals surface area (Å²) in [5, 5.41) is 10.9. The largest absolute Gasteiger partial charge is 0.459 e. The summed E-state index contributed by atoms with van der Waals surface area (Å²) in [6.07, 6.45) is 1.42. The maximum Gasteiger partial charge on any atom is 0.323 e. The number of aryl methyl sites for hydroxylation is 2. The van der Waals surface area contributed by atoms with Crippen molar-refractivity contribution < 1.29 is 18.8 Å². The molecule has 8 nitrogen and oxygen atoms in total. The van der Waals surface area contributed by atoms with Crippen molar-refractivity contribution >= 4 is 29.2 Å². The summed E-state index contributed by atoms with van der Waals surface area (Å²) in [5.41, 5.74) is 3.84. The van der Waals surface area contributed by atoms with E-state index in [9.17, 15) is 14.4 Å². The SMILES string of the molecule is Cc1cc(C)cc(NC(=O)Nc2ccc(C(=O)NCCNC(=O)c3ccco3)cc2)c1. The third-order valence-electron chi connectivity index (χ3n) is 4.33. The fraction of sp³-hybridized carbons (Fsp3) is 0.174. The predicted molar refractivity (Wildman–Crippen MR) is 118 cm³/mol. The number of amides is 4. The number of rotatable bonds is 7. The van der Waals surface area contributed by atoms with Crippen LogP contribution >= 0.6 is 0 Å². The smallest absolute Gasteiger partial charge is 0.323 e. The Kier molecular flexibility index (Phi) is 7.05. The van der Waals surface area contributed by atoms with Crippen LogP contribution in [0.2, 0.25) is 0 Å². The number of carbonyl (C=O) groups is 3. The summed E-state index contributed by atoms with van der Waals surface area (Å²) >= 11 is 0. The molecule has 0 fully saturated rings. The average Bonchev–Trinajstić information content (AvgIpc) is 3.25. The normalized spacial score (nSPS) is 10.3. The number of hydrogen-bond acceptors (Lipinski definition) is 4. The van der Waals surface area contributed by atoms with E-state index in [1.807, 2.05) is 32.0 Å². The lowest BCUT2D eigenvalue weighted by Crippen LogP contribution is -2.34. The van der Waals surface area contributed by atoms with Gasteiger partial charge in [-0.1, -0.05) is 6.07 Å². The first-order valence-electron chi connectivity index (χ1n) is 9.77. The molecule has 0 aliphatic heterocycles. The van der Waals surface area contributed by atoms with Gasteiger partial charge in [0.15, 0.2) is 5.76 Å². The van der Waals surface area contributed by atoms with Gasteiger partial charge in [0.2, 0.25) is 0 Å². The number of hydrogen-bond donors (Lipinski definition) is 4. The fourth-order valence-electron chi connectivity index (χ4n) is 2.99. The van der Waals surface area contributed by atoms with Crippen molar-refractivity contribution in [1.82, 2.24) is 10.6 Å². The molecule has 2 aromatic carbocycles. The van der Waals surface area contributed by atoms with Gasteiger partial charge >= 0.3 is 6.03 Å². The van der Waals surface area contributed by atoms with Gasteiger partial charge in [0.1, 0.15) is 0 Å². The molecule has 4 amide bonds. The minimum absolute atomic E-state index is 0.219. The van der Waals surface area contributed by atoms with E-state index in [2.05, 4.69) is 21.3 Å². The van der Waals surface area contributed by atoms with Crippen LogP contribution in [0.5, 0.6) is 0 Å². The van der Waals surface area contributed by atoms with E-state index in [0.29, 0.717) is 16.9 Å². The molecule has 4 N–H and O–H groups in total. The monoisotopic (exact) mass is 420 g/mol. The molecule has 3 rings (SSSR count). The molecule has 3 aromatic rings. The fourth-order valence-corrected chi connectivity index (χ4v) is 2.99. The third kappa shape index (κ3) is 6.46. The molecule has 0 spiro atoms. The number of furan rings is 1. The maximum absolute atomic E-state index is 12.2. The Morgan fingerprint density at radius 3 is 2.00 bits per heavy atom. The zero-order valence-corrected chi connectivity index (χ0v) is 17.3. The van der Waals surface area contributed by atoms with Gasteiger partial charge < -0.3 is 25.7 Å². The van der Waals surface area contributed by atoms with E-state index in [-0.39, 0.29) is 36.7 Å². The first-order valence-corrected chi connectivity index (χ1v) is 9.77. The molecule has 0 saturated carbocycles. The summed E-state index contributed by atoms with van der Waals surface area (Å²) in [6.45, 7) is 4.47. The molecule has 160 valence electrons. The Morgan fingerprint density at radius 2 is 1.39 bits per heavy atom. The van der Waals surface area contributed by atoms with E-state index in [0.717, 1.165) is 11.1 Å². The average molecular weight is 420 g/mol. The Bertz CT molecular complexity index is 1040. The van der Waals surface area contributed by atoms with Crippen molar-refractivity contribution in [3.63, 3.8) is 0 Å². The molecule has 0 bridgehead atoms. The van der Waals surface area contributed by atoms with Gasteiger partial charge in [0, 0.05) is 30.0 Å². The van der Waals surface area contributed by atoms with Crippen molar-refractivity contribution in [3.8, 4) is 0 Å². The first-order chi connectivity index (χ1) is 14.9. The number of benzene rings is 2. The molecule has 0 aliphatic rings. The van der Waals surface area contributed by atoms with Crippen LogP contribution in [0, 0.1) is 13.8 Å². The second-order valence-corrected chi connectivity index (χ2v) is 7.02. The van der Waals surface area contributed by atoms with Gasteiger partial charge in [-0.2, -0.15) is 0 Å². The minimum atomic E-state index is -0.366. The van der Waals surface area contributed by atoms with Crippen molar-refractivity contribution in [2.45, 2.75) is 13.8 Å². The van der Waals surface area contributed by atoms with Gasteiger partial charge in [-0.15, -0.1) is 0 Å². The molecule has 0 aliphatic carbocycles. The van der Waals surface area contributed by atoms with Crippen LogP contribution < -0.4 is 21.3 Å². The summed E-state index contributed by atoms with van der Waals surface area (Å²) in [7, 11) is 0. The third-order valence-corrected chi connectivity index (χ3v) is 4.33. The molecular formula is C23H24N4O4. The van der Waals surface area contributed by atoms with Crippen molar-refractivity contribution in [2.75, 3.05) is 23.7 Å². The Balaban J connectivity index is 1.43. The molecule has 0 atom stereocenters. The molecule has 1 heterocycles. The van der Waals surface area contributed by atoms with Gasteiger partial charge in [0.05, 0.1) is 6.26 Å². The van der Waals surface area contributed by atoms with Crippen LogP contribution in [-0.2, 0) is 0 Å². The molecule has 1 aromatic heterocycles. The van der Waals surface area contributed by atoms with Crippen molar-refractivity contribution in [3.05, 3.63) is 83.3 Å². The lowest BCUT2D eigenvalue weighted by molar-refractivity contribution is 0.0910. The molecule has 0 radical (unpaired) electrons. The van der Waals surface area contributed by atoms with Crippen LogP contribution in [0.4, 0.5) is 16.2 Å². The lowest BCUT2D eigenvalue weighted by Gasteiger charge is -2.10. The molecule has 0 unspecified atom stereocenters. The zero-order valence-electron chi connectivity index (χ0n) is 17.3. The van der Waals surface area contributed by atoms with E-state index in [1.165, 1.54) is 6.26 Å². The minimum Gasteiger partial charge on any atom is -0.459 e. The first kappa shape index (κ1) is 21.6. The van der Waals surface area contributed by atoms with Crippen LogP contribution in [0.3, 0.4) is 0 Å². The summed E-state index contributed by atoms with van der Waals surface area (Å²) in [4.78, 5) is 36.1. The van der Waals surface area contributed by atoms with Crippen molar-refractivity contribution in [2.24, 2.45) is 0 Å². The Morgan fingerprint density at radius 1 is 0.774 bits per heavy atom. The van der Waals surface area contributed by atoms with Crippen LogP contribution in [0.1, 0.15) is 32.0 Å². The predicted octanol–water partition coefficient (Wildman–Crippen LogP) is 3.70. The highest BCUT2D eigenvalue weighted by Crippen LogP contribution is 2.15. The van der Waals surface area contributed by atoms with Crippen molar-refractivity contribution in [1.29, 1.82) is 0 Å². The van der Waals surface area contributed by atoms with Gasteiger partial charge in [-0.3, -0.25) is 9.59 Å². The van der Waals surface area contributed by atoms with Gasteiger partial charge in [0.25, 0.3) is 11.8 Å². The Labute approximate surface area is 180 Å². The van der Waals surface area contributed by atoms with E-state index < -0.39 is 0 Å². The number of urea groups is 1. The van der Waals surface area contributed by atoms with E-state index in [4.69, 9.17) is 4.42 Å². The Hall–Kier alpha value is -4.07. The zero-order chi connectivity index (χ0) is 22.2. The van der Waals surface area contributed by atoms with Crippen LogP contribution in [-0.4, -0.2) is 30.9 Å². The summed E-state index contributed by atoms with van der Waals surface area (Å²) in [5.74, 6) is -0.400. The van der Waals surface area contributed by atoms with Crippen LogP contribution in [0.25, 0.3) is 0 Å². The molecule has 31 heavy (non-hydrogen) atoms.